The highest BCUT2D eigenvalue weighted by molar-refractivity contribution is 9.11. The van der Waals surface area contributed by atoms with Crippen molar-refractivity contribution in [2.24, 2.45) is 0 Å². The molecular formula is C37H38Br2N10O. The quantitative estimate of drug-likeness (QED) is 0.159. The Kier molecular flexibility index (Phi) is 9.32. The maximum atomic E-state index is 13.7. The van der Waals surface area contributed by atoms with E-state index in [1.807, 2.05) is 61.2 Å². The van der Waals surface area contributed by atoms with Crippen LogP contribution in [-0.2, 0) is 4.79 Å². The summed E-state index contributed by atoms with van der Waals surface area (Å²) in [5, 5.41) is 9.41. The van der Waals surface area contributed by atoms with E-state index in [-0.39, 0.29) is 24.2 Å². The number of carbonyl (C=O) groups is 1. The van der Waals surface area contributed by atoms with Gasteiger partial charge in [-0.05, 0) is 95.7 Å². The van der Waals surface area contributed by atoms with Crippen LogP contribution in [0.25, 0.3) is 44.6 Å². The maximum absolute atomic E-state index is 13.7. The Labute approximate surface area is 307 Å². The standard InChI is InChI=1S/C37H38Br2N10O/c1-23(46-13-9-27(10-14-46)48-21-25(17-42-48)33-19-40-31-7-3-5-29(38)35(31)44-33)37(50)24(2)47-15-11-28(12-16-47)49-22-26(18-43-49)34-20-41-32-8-4-6-30(39)36(32)45-34/h3-8,17-24,27-28H,9-16H2,1-2H3. The minimum atomic E-state index is -0.125. The summed E-state index contributed by atoms with van der Waals surface area (Å²) in [4.78, 5) is 37.3. The summed E-state index contributed by atoms with van der Waals surface area (Å²) in [5.74, 6) is 0.298. The fraction of sp³-hybridized carbons (Fsp3) is 0.378. The van der Waals surface area contributed by atoms with Crippen LogP contribution in [0, 0.1) is 0 Å². The molecule has 2 aromatic carbocycles. The lowest BCUT2D eigenvalue weighted by Crippen LogP contribution is -2.52. The van der Waals surface area contributed by atoms with Crippen molar-refractivity contribution < 1.29 is 4.79 Å². The van der Waals surface area contributed by atoms with Gasteiger partial charge in [0.1, 0.15) is 11.0 Å². The summed E-state index contributed by atoms with van der Waals surface area (Å²) in [6, 6.07) is 12.1. The van der Waals surface area contributed by atoms with E-state index in [4.69, 9.17) is 20.2 Å². The number of hydrogen-bond acceptors (Lipinski definition) is 9. The Morgan fingerprint density at radius 2 is 1.08 bits per heavy atom. The highest BCUT2D eigenvalue weighted by Gasteiger charge is 2.34. The van der Waals surface area contributed by atoms with Crippen molar-refractivity contribution in [1.82, 2.24) is 49.3 Å². The molecule has 6 aromatic rings. The summed E-state index contributed by atoms with van der Waals surface area (Å²) >= 11 is 7.19. The van der Waals surface area contributed by atoms with Gasteiger partial charge < -0.3 is 0 Å². The lowest BCUT2D eigenvalue weighted by atomic mass is 9.97. The van der Waals surface area contributed by atoms with Crippen LogP contribution in [-0.4, -0.2) is 93.3 Å². The summed E-state index contributed by atoms with van der Waals surface area (Å²) in [6.45, 7) is 7.62. The normalized spacial score (nSPS) is 18.2. The van der Waals surface area contributed by atoms with Crippen LogP contribution in [0.15, 0.2) is 82.5 Å². The molecular weight excluding hydrogens is 760 g/mol. The molecule has 0 saturated carbocycles. The van der Waals surface area contributed by atoms with E-state index in [0.717, 1.165) is 105 Å². The fourth-order valence-electron chi connectivity index (χ4n) is 7.40. The van der Waals surface area contributed by atoms with E-state index in [1.165, 1.54) is 0 Å². The Hall–Kier alpha value is -3.91. The number of Topliss-reactive ketones (excluding diaryl/α,β-unsaturated/α-hetero) is 1. The first-order chi connectivity index (χ1) is 24.3. The molecule has 6 heterocycles. The largest absolute Gasteiger partial charge is 0.296 e. The summed E-state index contributed by atoms with van der Waals surface area (Å²) in [5.41, 5.74) is 6.94. The zero-order chi connectivity index (χ0) is 34.4. The molecule has 8 rings (SSSR count). The molecule has 0 aliphatic carbocycles. The summed E-state index contributed by atoms with van der Waals surface area (Å²) in [7, 11) is 0. The smallest absolute Gasteiger partial charge is 0.166 e. The number of nitrogens with zero attached hydrogens (tertiary/aromatic N) is 10. The van der Waals surface area contributed by atoms with Gasteiger partial charge >= 0.3 is 0 Å². The number of aromatic nitrogens is 8. The first-order valence-corrected chi connectivity index (χ1v) is 18.8. The number of hydrogen-bond donors (Lipinski definition) is 0. The molecule has 2 fully saturated rings. The van der Waals surface area contributed by atoms with Gasteiger partial charge in [0.25, 0.3) is 0 Å². The van der Waals surface area contributed by atoms with Gasteiger partial charge in [-0.1, -0.05) is 12.1 Å². The van der Waals surface area contributed by atoms with Crippen LogP contribution in [0.5, 0.6) is 0 Å². The van der Waals surface area contributed by atoms with Gasteiger partial charge in [0, 0.05) is 58.6 Å². The first-order valence-electron chi connectivity index (χ1n) is 17.3. The minimum Gasteiger partial charge on any atom is -0.296 e. The third kappa shape index (κ3) is 6.52. The van der Waals surface area contributed by atoms with E-state index in [9.17, 15) is 4.79 Å². The van der Waals surface area contributed by atoms with Crippen molar-refractivity contribution in [1.29, 1.82) is 0 Å². The van der Waals surface area contributed by atoms with E-state index in [1.54, 1.807) is 0 Å². The molecule has 256 valence electrons. The number of fused-ring (bicyclic) bond motifs is 2. The Morgan fingerprint density at radius 1 is 0.660 bits per heavy atom. The van der Waals surface area contributed by atoms with Gasteiger partial charge in [-0.3, -0.25) is 33.9 Å². The van der Waals surface area contributed by atoms with Crippen molar-refractivity contribution in [2.45, 2.75) is 63.7 Å². The van der Waals surface area contributed by atoms with Crippen LogP contribution in [0.4, 0.5) is 0 Å². The van der Waals surface area contributed by atoms with Crippen molar-refractivity contribution in [2.75, 3.05) is 26.2 Å². The Bertz CT molecular complexity index is 2020. The second-order valence-corrected chi connectivity index (χ2v) is 15.1. The van der Waals surface area contributed by atoms with E-state index in [2.05, 4.69) is 87.2 Å². The second kappa shape index (κ2) is 14.0. The molecule has 50 heavy (non-hydrogen) atoms. The molecule has 2 unspecified atom stereocenters. The molecule has 0 amide bonds. The van der Waals surface area contributed by atoms with Crippen LogP contribution in [0.2, 0.25) is 0 Å². The van der Waals surface area contributed by atoms with Crippen LogP contribution in [0.3, 0.4) is 0 Å². The molecule has 13 heteroatoms. The monoisotopic (exact) mass is 796 g/mol. The van der Waals surface area contributed by atoms with E-state index < -0.39 is 0 Å². The molecule has 2 saturated heterocycles. The van der Waals surface area contributed by atoms with Crippen LogP contribution >= 0.6 is 31.9 Å². The van der Waals surface area contributed by atoms with Gasteiger partial charge in [0.15, 0.2) is 5.78 Å². The molecule has 4 aromatic heterocycles. The zero-order valence-electron chi connectivity index (χ0n) is 28.0. The molecule has 0 radical (unpaired) electrons. The number of carbonyl (C=O) groups excluding carboxylic acids is 1. The third-order valence-corrected chi connectivity index (χ3v) is 11.8. The van der Waals surface area contributed by atoms with E-state index in [0.29, 0.717) is 5.78 Å². The number of para-hydroxylation sites is 2. The van der Waals surface area contributed by atoms with Gasteiger partial charge in [0.05, 0.1) is 71.4 Å². The SMILES string of the molecule is CC(C(=O)C(C)N1CCC(n2cc(-c3cnc4cccc(Br)c4n3)cn2)CC1)N1CCC(n2cc(-c3cnc4cccc(Br)c4n3)cn2)CC1. The summed E-state index contributed by atoms with van der Waals surface area (Å²) in [6.07, 6.45) is 15.3. The maximum Gasteiger partial charge on any atom is 0.166 e. The lowest BCUT2D eigenvalue weighted by molar-refractivity contribution is -0.129. The second-order valence-electron chi connectivity index (χ2n) is 13.4. The summed E-state index contributed by atoms with van der Waals surface area (Å²) < 4.78 is 5.98. The molecule has 2 atom stereocenters. The highest BCUT2D eigenvalue weighted by atomic mass is 79.9. The number of halogens is 2. The van der Waals surface area contributed by atoms with Crippen LogP contribution < -0.4 is 0 Å². The topological polar surface area (TPSA) is 111 Å². The van der Waals surface area contributed by atoms with Gasteiger partial charge in [-0.25, -0.2) is 9.97 Å². The zero-order valence-corrected chi connectivity index (χ0v) is 31.2. The van der Waals surface area contributed by atoms with Crippen LogP contribution in [0.1, 0.15) is 51.6 Å². The molecule has 0 N–H and O–H groups in total. The molecule has 0 spiro atoms. The van der Waals surface area contributed by atoms with Crippen molar-refractivity contribution in [3.63, 3.8) is 0 Å². The highest BCUT2D eigenvalue weighted by Crippen LogP contribution is 2.30. The van der Waals surface area contributed by atoms with Gasteiger partial charge in [-0.15, -0.1) is 0 Å². The van der Waals surface area contributed by atoms with Crippen molar-refractivity contribution in [3.05, 3.63) is 82.5 Å². The number of piperidine rings is 2. The fourth-order valence-corrected chi connectivity index (χ4v) is 8.29. The number of rotatable bonds is 8. The van der Waals surface area contributed by atoms with Crippen molar-refractivity contribution in [3.8, 4) is 22.5 Å². The number of likely N-dealkylation sites (tertiary alicyclic amines) is 2. The Balaban J connectivity index is 0.837. The number of benzene rings is 2. The first kappa shape index (κ1) is 33.2. The van der Waals surface area contributed by atoms with Gasteiger partial charge in [0.2, 0.25) is 0 Å². The predicted octanol–water partition coefficient (Wildman–Crippen LogP) is 7.15. The average molecular weight is 799 g/mol. The molecule has 11 nitrogen and oxygen atoms in total. The van der Waals surface area contributed by atoms with Crippen molar-refractivity contribution >= 4 is 59.7 Å². The lowest BCUT2D eigenvalue weighted by Gasteiger charge is -2.39. The number of ketones is 1. The third-order valence-electron chi connectivity index (χ3n) is 10.5. The predicted molar refractivity (Wildman–Crippen MR) is 201 cm³/mol. The molecule has 2 aliphatic rings. The molecule has 2 aliphatic heterocycles. The average Bonchev–Trinajstić information content (AvgIpc) is 3.86. The van der Waals surface area contributed by atoms with Gasteiger partial charge in [-0.2, -0.15) is 10.2 Å². The minimum absolute atomic E-state index is 0.125. The molecule has 0 bridgehead atoms. The Morgan fingerprint density at radius 3 is 1.50 bits per heavy atom. The van der Waals surface area contributed by atoms with E-state index >= 15 is 0 Å².